The van der Waals surface area contributed by atoms with E-state index in [1.165, 1.54) is 0 Å². The lowest BCUT2D eigenvalue weighted by Gasteiger charge is -2.27. The van der Waals surface area contributed by atoms with Crippen LogP contribution in [0.3, 0.4) is 0 Å². The molecular weight excluding hydrogens is 238 g/mol. The maximum atomic E-state index is 12.0. The Morgan fingerprint density at radius 2 is 2.24 bits per heavy atom. The molecule has 0 saturated heterocycles. The highest BCUT2D eigenvalue weighted by molar-refractivity contribution is 6.30. The summed E-state index contributed by atoms with van der Waals surface area (Å²) in [7, 11) is 0. The molecule has 0 fully saturated rings. The van der Waals surface area contributed by atoms with Gasteiger partial charge in [0.15, 0.2) is 0 Å². The van der Waals surface area contributed by atoms with Crippen LogP contribution in [0, 0.1) is 0 Å². The first kappa shape index (κ1) is 12.2. The molecule has 0 spiro atoms. The Labute approximate surface area is 106 Å². The zero-order valence-electron chi connectivity index (χ0n) is 10.0. The number of fused-ring (bicyclic) bond motifs is 1. The van der Waals surface area contributed by atoms with Crippen molar-refractivity contribution in [2.75, 3.05) is 6.61 Å². The first-order valence-corrected chi connectivity index (χ1v) is 6.18. The number of ether oxygens (including phenoxy) is 1. The number of halogens is 1. The molecule has 2 rings (SSSR count). The van der Waals surface area contributed by atoms with Crippen LogP contribution in [0.5, 0.6) is 5.75 Å². The van der Waals surface area contributed by atoms with Crippen molar-refractivity contribution in [3.8, 4) is 5.75 Å². The molecule has 2 unspecified atom stereocenters. The summed E-state index contributed by atoms with van der Waals surface area (Å²) in [4.78, 5) is 13.8. The third-order valence-electron chi connectivity index (χ3n) is 2.95. The summed E-state index contributed by atoms with van der Waals surface area (Å²) in [6, 6.07) is 7.83. The molecular formula is C13H16ClNO2. The molecule has 0 aromatic heterocycles. The summed E-state index contributed by atoms with van der Waals surface area (Å²) in [6.07, 6.45) is 0. The number of benzene rings is 1. The number of hydrogen-bond acceptors (Lipinski definition) is 2. The standard InChI is InChI=1S/C13H16ClNO2/c1-9-8-17-12-6-4-3-5-11(12)7-15(9)13(16)10(2)14/h3-6,9-10H,7-8H2,1-2H3. The van der Waals surface area contributed by atoms with Gasteiger partial charge in [0, 0.05) is 12.1 Å². The Balaban J connectivity index is 2.27. The van der Waals surface area contributed by atoms with Gasteiger partial charge in [0.25, 0.3) is 0 Å². The molecule has 1 aliphatic heterocycles. The van der Waals surface area contributed by atoms with Crippen LogP contribution in [0.15, 0.2) is 24.3 Å². The summed E-state index contributed by atoms with van der Waals surface area (Å²) in [5.74, 6) is 0.816. The Kier molecular flexibility index (Phi) is 3.57. The van der Waals surface area contributed by atoms with Crippen molar-refractivity contribution in [3.05, 3.63) is 29.8 Å². The van der Waals surface area contributed by atoms with Crippen molar-refractivity contribution in [2.45, 2.75) is 31.8 Å². The Bertz CT molecular complexity index is 420. The molecule has 1 aromatic carbocycles. The third-order valence-corrected chi connectivity index (χ3v) is 3.14. The number of carbonyl (C=O) groups is 1. The Hall–Kier alpha value is -1.22. The van der Waals surface area contributed by atoms with E-state index in [9.17, 15) is 4.79 Å². The van der Waals surface area contributed by atoms with E-state index < -0.39 is 5.38 Å². The van der Waals surface area contributed by atoms with Crippen LogP contribution < -0.4 is 4.74 Å². The molecule has 2 atom stereocenters. The van der Waals surface area contributed by atoms with E-state index >= 15 is 0 Å². The zero-order valence-corrected chi connectivity index (χ0v) is 10.8. The number of rotatable bonds is 1. The fraction of sp³-hybridized carbons (Fsp3) is 0.462. The molecule has 0 aliphatic carbocycles. The number of para-hydroxylation sites is 1. The van der Waals surface area contributed by atoms with Crippen LogP contribution in [0.1, 0.15) is 19.4 Å². The van der Waals surface area contributed by atoms with Gasteiger partial charge in [0.2, 0.25) is 5.91 Å². The number of nitrogens with zero attached hydrogens (tertiary/aromatic N) is 1. The smallest absolute Gasteiger partial charge is 0.240 e. The lowest BCUT2D eigenvalue weighted by Crippen LogP contribution is -2.42. The summed E-state index contributed by atoms with van der Waals surface area (Å²) in [6.45, 7) is 4.75. The largest absolute Gasteiger partial charge is 0.491 e. The van der Waals surface area contributed by atoms with Crippen LogP contribution in [-0.4, -0.2) is 28.8 Å². The minimum atomic E-state index is -0.497. The number of hydrogen-bond donors (Lipinski definition) is 0. The van der Waals surface area contributed by atoms with Crippen molar-refractivity contribution in [1.29, 1.82) is 0 Å². The molecule has 1 aliphatic rings. The van der Waals surface area contributed by atoms with Crippen LogP contribution in [0.25, 0.3) is 0 Å². The molecule has 1 amide bonds. The molecule has 0 bridgehead atoms. The Morgan fingerprint density at radius 3 is 2.94 bits per heavy atom. The van der Waals surface area contributed by atoms with Gasteiger partial charge < -0.3 is 9.64 Å². The summed E-state index contributed by atoms with van der Waals surface area (Å²) >= 11 is 5.88. The highest BCUT2D eigenvalue weighted by Gasteiger charge is 2.27. The van der Waals surface area contributed by atoms with Crippen molar-refractivity contribution in [3.63, 3.8) is 0 Å². The highest BCUT2D eigenvalue weighted by Crippen LogP contribution is 2.25. The third kappa shape index (κ3) is 2.55. The maximum absolute atomic E-state index is 12.0. The van der Waals surface area contributed by atoms with Gasteiger partial charge in [0.05, 0.1) is 6.04 Å². The van der Waals surface area contributed by atoms with Crippen LogP contribution in [0.2, 0.25) is 0 Å². The minimum Gasteiger partial charge on any atom is -0.491 e. The van der Waals surface area contributed by atoms with Gasteiger partial charge in [0.1, 0.15) is 17.7 Å². The first-order valence-electron chi connectivity index (χ1n) is 5.75. The van der Waals surface area contributed by atoms with Gasteiger partial charge in [-0.15, -0.1) is 11.6 Å². The van der Waals surface area contributed by atoms with E-state index in [4.69, 9.17) is 16.3 Å². The van der Waals surface area contributed by atoms with Gasteiger partial charge in [-0.25, -0.2) is 0 Å². The van der Waals surface area contributed by atoms with Crippen molar-refractivity contribution in [1.82, 2.24) is 4.90 Å². The van der Waals surface area contributed by atoms with E-state index in [1.54, 1.807) is 11.8 Å². The highest BCUT2D eigenvalue weighted by atomic mass is 35.5. The van der Waals surface area contributed by atoms with Crippen molar-refractivity contribution < 1.29 is 9.53 Å². The molecule has 0 saturated carbocycles. The van der Waals surface area contributed by atoms with Gasteiger partial charge in [-0.1, -0.05) is 18.2 Å². The maximum Gasteiger partial charge on any atom is 0.240 e. The lowest BCUT2D eigenvalue weighted by atomic mass is 10.1. The predicted molar refractivity (Wildman–Crippen MR) is 67.3 cm³/mol. The average Bonchev–Trinajstić information content (AvgIpc) is 2.48. The van der Waals surface area contributed by atoms with E-state index in [-0.39, 0.29) is 11.9 Å². The van der Waals surface area contributed by atoms with Gasteiger partial charge in [-0.3, -0.25) is 4.79 Å². The molecule has 0 radical (unpaired) electrons. The second-order valence-electron chi connectivity index (χ2n) is 4.35. The molecule has 0 N–H and O–H groups in total. The molecule has 1 aromatic rings. The zero-order chi connectivity index (χ0) is 12.4. The summed E-state index contributed by atoms with van der Waals surface area (Å²) in [5.41, 5.74) is 1.03. The second kappa shape index (κ2) is 4.96. The first-order chi connectivity index (χ1) is 8.09. The van der Waals surface area contributed by atoms with E-state index in [1.807, 2.05) is 31.2 Å². The molecule has 1 heterocycles. The minimum absolute atomic E-state index is 0.0381. The van der Waals surface area contributed by atoms with Gasteiger partial charge in [-0.2, -0.15) is 0 Å². The van der Waals surface area contributed by atoms with Crippen molar-refractivity contribution >= 4 is 17.5 Å². The topological polar surface area (TPSA) is 29.5 Å². The Morgan fingerprint density at radius 1 is 1.53 bits per heavy atom. The monoisotopic (exact) mass is 253 g/mol. The van der Waals surface area contributed by atoms with Crippen molar-refractivity contribution in [2.24, 2.45) is 0 Å². The van der Waals surface area contributed by atoms with Gasteiger partial charge in [-0.05, 0) is 19.9 Å². The van der Waals surface area contributed by atoms with E-state index in [2.05, 4.69) is 0 Å². The van der Waals surface area contributed by atoms with Crippen LogP contribution in [0.4, 0.5) is 0 Å². The predicted octanol–water partition coefficient (Wildman–Crippen LogP) is 2.42. The summed E-state index contributed by atoms with van der Waals surface area (Å²) < 4.78 is 5.68. The molecule has 3 nitrogen and oxygen atoms in total. The normalized spacial score (nSPS) is 21.1. The molecule has 4 heteroatoms. The fourth-order valence-corrected chi connectivity index (χ4v) is 2.06. The van der Waals surface area contributed by atoms with Gasteiger partial charge >= 0.3 is 0 Å². The number of amides is 1. The van der Waals surface area contributed by atoms with Crippen LogP contribution >= 0.6 is 11.6 Å². The van der Waals surface area contributed by atoms with E-state index in [0.717, 1.165) is 11.3 Å². The second-order valence-corrected chi connectivity index (χ2v) is 5.00. The number of alkyl halides is 1. The SMILES string of the molecule is CC(Cl)C(=O)N1Cc2ccccc2OCC1C. The van der Waals surface area contributed by atoms with Crippen LogP contribution in [-0.2, 0) is 11.3 Å². The molecule has 92 valence electrons. The quantitative estimate of drug-likeness (QED) is 0.720. The lowest BCUT2D eigenvalue weighted by molar-refractivity contribution is -0.133. The molecule has 17 heavy (non-hydrogen) atoms. The summed E-state index contributed by atoms with van der Waals surface area (Å²) in [5, 5.41) is -0.497. The number of carbonyl (C=O) groups excluding carboxylic acids is 1. The van der Waals surface area contributed by atoms with E-state index in [0.29, 0.717) is 13.2 Å². The average molecular weight is 254 g/mol. The fourth-order valence-electron chi connectivity index (χ4n) is 1.94.